The number of aliphatic carboxylic acids is 1. The van der Waals surface area contributed by atoms with E-state index in [2.05, 4.69) is 0 Å². The van der Waals surface area contributed by atoms with E-state index in [1.807, 2.05) is 0 Å². The molecule has 3 N–H and O–H groups in total. The number of carboxylic acids is 1. The number of hydrogen-bond donors (Lipinski definition) is 2. The van der Waals surface area contributed by atoms with Gasteiger partial charge in [0.1, 0.15) is 0 Å². The first-order chi connectivity index (χ1) is 6.78. The lowest BCUT2D eigenvalue weighted by Gasteiger charge is -2.38. The number of carbonyl (C=O) groups is 1. The molecule has 88 valence electrons. The molecule has 15 heavy (non-hydrogen) atoms. The van der Waals surface area contributed by atoms with E-state index in [9.17, 15) is 18.0 Å². The molecule has 0 amide bonds. The number of alkyl halides is 3. The molecule has 0 bridgehead atoms. The smallest absolute Gasteiger partial charge is 0.390 e. The van der Waals surface area contributed by atoms with E-state index in [-0.39, 0.29) is 19.6 Å². The number of hydrogen-bond acceptors (Lipinski definition) is 3. The summed E-state index contributed by atoms with van der Waals surface area (Å²) in [6, 6.07) is -1.12. The fraction of sp³-hybridized carbons (Fsp3) is 0.875. The molecule has 0 radical (unpaired) electrons. The van der Waals surface area contributed by atoms with Crippen molar-refractivity contribution in [3.8, 4) is 0 Å². The van der Waals surface area contributed by atoms with Gasteiger partial charge >= 0.3 is 12.1 Å². The normalized spacial score (nSPS) is 32.7. The molecule has 7 heteroatoms. The summed E-state index contributed by atoms with van der Waals surface area (Å²) in [5.41, 5.74) is 3.48. The highest BCUT2D eigenvalue weighted by Crippen LogP contribution is 2.40. The van der Waals surface area contributed by atoms with Gasteiger partial charge in [0.2, 0.25) is 0 Å². The van der Waals surface area contributed by atoms with Crippen molar-refractivity contribution in [3.05, 3.63) is 0 Å². The summed E-state index contributed by atoms with van der Waals surface area (Å²) in [6.45, 7) is -0.154. The van der Waals surface area contributed by atoms with E-state index < -0.39 is 30.0 Å². The molecule has 1 rings (SSSR count). The Balaban J connectivity index is 2.91. The Kier molecular flexibility index (Phi) is 3.25. The fourth-order valence-corrected chi connectivity index (χ4v) is 1.73. The standard InChI is InChI=1S/C8H12F3NO3/c9-8(10,11)4-7(6(13)14)1-2-15-3-5(7)12/h5H,1-4,12H2,(H,13,14). The Morgan fingerprint density at radius 3 is 2.60 bits per heavy atom. The van der Waals surface area contributed by atoms with Crippen LogP contribution in [0.5, 0.6) is 0 Å². The Labute approximate surface area is 84.2 Å². The van der Waals surface area contributed by atoms with E-state index in [0.29, 0.717) is 0 Å². The second-order valence-electron chi connectivity index (χ2n) is 3.68. The van der Waals surface area contributed by atoms with Crippen molar-refractivity contribution < 1.29 is 27.8 Å². The van der Waals surface area contributed by atoms with Crippen molar-refractivity contribution in [2.24, 2.45) is 11.1 Å². The Bertz CT molecular complexity index is 256. The molecule has 2 atom stereocenters. The Hall–Kier alpha value is -0.820. The zero-order valence-corrected chi connectivity index (χ0v) is 7.88. The van der Waals surface area contributed by atoms with Crippen LogP contribution in [0.2, 0.25) is 0 Å². The molecule has 0 aliphatic carbocycles. The molecule has 1 aliphatic heterocycles. The van der Waals surface area contributed by atoms with Gasteiger partial charge < -0.3 is 15.6 Å². The second kappa shape index (κ2) is 3.97. The topological polar surface area (TPSA) is 72.5 Å². The first-order valence-corrected chi connectivity index (χ1v) is 4.41. The lowest BCUT2D eigenvalue weighted by atomic mass is 9.74. The molecular weight excluding hydrogens is 215 g/mol. The average Bonchev–Trinajstić information content (AvgIpc) is 2.06. The number of rotatable bonds is 2. The first kappa shape index (κ1) is 12.3. The minimum absolute atomic E-state index is 0.00389. The number of ether oxygens (including phenoxy) is 1. The monoisotopic (exact) mass is 227 g/mol. The molecule has 2 unspecified atom stereocenters. The minimum Gasteiger partial charge on any atom is -0.481 e. The number of halogens is 3. The van der Waals surface area contributed by atoms with E-state index >= 15 is 0 Å². The lowest BCUT2D eigenvalue weighted by molar-refractivity contribution is -0.191. The summed E-state index contributed by atoms with van der Waals surface area (Å²) < 4.78 is 41.6. The first-order valence-electron chi connectivity index (χ1n) is 4.41. The predicted molar refractivity (Wildman–Crippen MR) is 44.2 cm³/mol. The van der Waals surface area contributed by atoms with Gasteiger partial charge in [-0.25, -0.2) is 0 Å². The van der Waals surface area contributed by atoms with E-state index in [4.69, 9.17) is 15.6 Å². The Morgan fingerprint density at radius 1 is 1.60 bits per heavy atom. The molecule has 4 nitrogen and oxygen atoms in total. The van der Waals surface area contributed by atoms with Crippen molar-refractivity contribution in [1.29, 1.82) is 0 Å². The number of carboxylic acid groups (broad SMARTS) is 1. The maximum absolute atomic E-state index is 12.3. The summed E-state index contributed by atoms with van der Waals surface area (Å²) in [4.78, 5) is 10.9. The quantitative estimate of drug-likeness (QED) is 0.730. The minimum atomic E-state index is -4.53. The summed E-state index contributed by atoms with van der Waals surface area (Å²) >= 11 is 0. The van der Waals surface area contributed by atoms with Crippen LogP contribution in [0.15, 0.2) is 0 Å². The molecule has 1 saturated heterocycles. The highest BCUT2D eigenvalue weighted by Gasteiger charge is 2.53. The average molecular weight is 227 g/mol. The van der Waals surface area contributed by atoms with Gasteiger partial charge in [-0.05, 0) is 6.42 Å². The van der Waals surface area contributed by atoms with Crippen LogP contribution in [0.4, 0.5) is 13.2 Å². The molecule has 0 spiro atoms. The summed E-state index contributed by atoms with van der Waals surface area (Å²) in [5.74, 6) is -1.50. The Morgan fingerprint density at radius 2 is 2.20 bits per heavy atom. The molecule has 0 saturated carbocycles. The van der Waals surface area contributed by atoms with Crippen LogP contribution in [0, 0.1) is 5.41 Å². The van der Waals surface area contributed by atoms with Crippen LogP contribution in [0.3, 0.4) is 0 Å². The van der Waals surface area contributed by atoms with Gasteiger partial charge in [0.05, 0.1) is 18.4 Å². The zero-order chi connectivity index (χ0) is 11.7. The van der Waals surface area contributed by atoms with Crippen LogP contribution in [0.25, 0.3) is 0 Å². The fourth-order valence-electron chi connectivity index (χ4n) is 1.73. The van der Waals surface area contributed by atoms with Crippen molar-refractivity contribution in [2.45, 2.75) is 25.1 Å². The van der Waals surface area contributed by atoms with E-state index in [1.54, 1.807) is 0 Å². The lowest BCUT2D eigenvalue weighted by Crippen LogP contribution is -2.55. The van der Waals surface area contributed by atoms with Gasteiger partial charge in [-0.1, -0.05) is 0 Å². The van der Waals surface area contributed by atoms with Crippen LogP contribution >= 0.6 is 0 Å². The van der Waals surface area contributed by atoms with Gasteiger partial charge in [-0.2, -0.15) is 13.2 Å². The van der Waals surface area contributed by atoms with Gasteiger partial charge in [0, 0.05) is 12.6 Å². The molecule has 0 aromatic carbocycles. The molecular formula is C8H12F3NO3. The molecule has 1 aliphatic rings. The van der Waals surface area contributed by atoms with Crippen LogP contribution in [-0.2, 0) is 9.53 Å². The SMILES string of the molecule is NC1COCCC1(CC(F)(F)F)C(=O)O. The highest BCUT2D eigenvalue weighted by molar-refractivity contribution is 5.76. The third-order valence-corrected chi connectivity index (χ3v) is 2.64. The van der Waals surface area contributed by atoms with Crippen molar-refractivity contribution >= 4 is 5.97 Å². The van der Waals surface area contributed by atoms with Crippen molar-refractivity contribution in [1.82, 2.24) is 0 Å². The maximum Gasteiger partial charge on any atom is 0.390 e. The van der Waals surface area contributed by atoms with Gasteiger partial charge in [0.15, 0.2) is 0 Å². The molecule has 1 fully saturated rings. The van der Waals surface area contributed by atoms with Crippen LogP contribution in [-0.4, -0.2) is 36.5 Å². The van der Waals surface area contributed by atoms with Crippen LogP contribution < -0.4 is 5.73 Å². The van der Waals surface area contributed by atoms with Crippen molar-refractivity contribution in [2.75, 3.05) is 13.2 Å². The summed E-state index contributed by atoms with van der Waals surface area (Å²) in [6.07, 6.45) is -6.14. The van der Waals surface area contributed by atoms with Gasteiger partial charge in [-0.15, -0.1) is 0 Å². The molecule has 0 aromatic rings. The highest BCUT2D eigenvalue weighted by atomic mass is 19.4. The number of nitrogens with two attached hydrogens (primary N) is 1. The second-order valence-corrected chi connectivity index (χ2v) is 3.68. The third kappa shape index (κ3) is 2.60. The molecule has 0 aromatic heterocycles. The van der Waals surface area contributed by atoms with Gasteiger partial charge in [-0.3, -0.25) is 4.79 Å². The van der Waals surface area contributed by atoms with E-state index in [0.717, 1.165) is 0 Å². The van der Waals surface area contributed by atoms with E-state index in [1.165, 1.54) is 0 Å². The molecule has 1 heterocycles. The summed E-state index contributed by atoms with van der Waals surface area (Å²) in [7, 11) is 0. The maximum atomic E-state index is 12.3. The largest absolute Gasteiger partial charge is 0.481 e. The zero-order valence-electron chi connectivity index (χ0n) is 7.88. The summed E-state index contributed by atoms with van der Waals surface area (Å²) in [5, 5.41) is 8.89. The predicted octanol–water partition coefficient (Wildman–Crippen LogP) is 0.757. The van der Waals surface area contributed by atoms with Gasteiger partial charge in [0.25, 0.3) is 0 Å². The van der Waals surface area contributed by atoms with Crippen molar-refractivity contribution in [3.63, 3.8) is 0 Å². The third-order valence-electron chi connectivity index (χ3n) is 2.64. The van der Waals surface area contributed by atoms with Crippen LogP contribution in [0.1, 0.15) is 12.8 Å².